The third-order valence-corrected chi connectivity index (χ3v) is 6.13. The van der Waals surface area contributed by atoms with Crippen molar-refractivity contribution in [1.82, 2.24) is 4.98 Å². The molecule has 5 nitrogen and oxygen atoms in total. The topological polar surface area (TPSA) is 74.7 Å². The minimum Gasteiger partial charge on any atom is -0.496 e. The van der Waals surface area contributed by atoms with E-state index in [4.69, 9.17) is 4.74 Å². The average molecular weight is 478 g/mol. The van der Waals surface area contributed by atoms with Crippen LogP contribution < -0.4 is 10.3 Å². The number of benzene rings is 2. The van der Waals surface area contributed by atoms with Crippen LogP contribution in [-0.2, 0) is 0 Å². The number of pyridine rings is 1. The molecule has 0 aliphatic carbocycles. The van der Waals surface area contributed by atoms with Crippen LogP contribution in [0.15, 0.2) is 46.2 Å². The molecule has 2 unspecified atom stereocenters. The van der Waals surface area contributed by atoms with Crippen molar-refractivity contribution in [3.63, 3.8) is 0 Å². The number of aryl methyl sites for hydroxylation is 1. The van der Waals surface area contributed by atoms with Gasteiger partial charge in [-0.15, -0.1) is 0 Å². The number of hydrogen-bond donors (Lipinski definition) is 2. The average Bonchev–Trinajstić information content (AvgIpc) is 2.78. The lowest BCUT2D eigenvalue weighted by Crippen LogP contribution is -2.47. The molecule has 0 bridgehead atoms. The summed E-state index contributed by atoms with van der Waals surface area (Å²) in [5.74, 6) is -0.943. The summed E-state index contributed by atoms with van der Waals surface area (Å²) in [6.07, 6.45) is -4.96. The second kappa shape index (κ2) is 9.58. The molecule has 2 N–H and O–H groups in total. The Balaban J connectivity index is 2.06. The first-order chi connectivity index (χ1) is 15.9. The highest BCUT2D eigenvalue weighted by molar-refractivity contribution is 5.92. The third kappa shape index (κ3) is 4.84. The van der Waals surface area contributed by atoms with Crippen molar-refractivity contribution in [2.24, 2.45) is 4.99 Å². The van der Waals surface area contributed by atoms with E-state index >= 15 is 0 Å². The number of hydrogen-bond acceptors (Lipinski definition) is 4. The number of nitrogens with zero attached hydrogens (tertiary/aromatic N) is 1. The summed E-state index contributed by atoms with van der Waals surface area (Å²) >= 11 is 0. The first kappa shape index (κ1) is 25.4. The van der Waals surface area contributed by atoms with Gasteiger partial charge in [0.1, 0.15) is 11.6 Å². The molecule has 3 rings (SSSR count). The van der Waals surface area contributed by atoms with E-state index in [0.29, 0.717) is 23.9 Å². The van der Waals surface area contributed by atoms with Gasteiger partial charge < -0.3 is 14.8 Å². The predicted molar refractivity (Wildman–Crippen MR) is 124 cm³/mol. The number of aromatic amines is 1. The summed E-state index contributed by atoms with van der Waals surface area (Å²) in [6.45, 7) is 5.43. The number of fused-ring (bicyclic) bond motifs is 1. The Kier molecular flexibility index (Phi) is 7.16. The summed E-state index contributed by atoms with van der Waals surface area (Å²) in [7, 11) is 1.46. The van der Waals surface area contributed by atoms with Crippen LogP contribution in [0.25, 0.3) is 10.9 Å². The van der Waals surface area contributed by atoms with Crippen molar-refractivity contribution in [3.8, 4) is 5.75 Å². The monoisotopic (exact) mass is 478 g/mol. The van der Waals surface area contributed by atoms with Crippen LogP contribution in [0.4, 0.5) is 23.2 Å². The van der Waals surface area contributed by atoms with Crippen molar-refractivity contribution in [2.75, 3.05) is 7.11 Å². The van der Waals surface area contributed by atoms with Crippen molar-refractivity contribution in [2.45, 2.75) is 51.3 Å². The molecule has 0 fully saturated rings. The lowest BCUT2D eigenvalue weighted by molar-refractivity contribution is -0.232. The molecule has 2 atom stereocenters. The van der Waals surface area contributed by atoms with Crippen LogP contribution >= 0.6 is 0 Å². The van der Waals surface area contributed by atoms with Gasteiger partial charge in [-0.1, -0.05) is 19.1 Å². The minimum absolute atomic E-state index is 0.0212. The molecule has 2 aromatic carbocycles. The molecule has 34 heavy (non-hydrogen) atoms. The van der Waals surface area contributed by atoms with Gasteiger partial charge in [-0.3, -0.25) is 9.79 Å². The van der Waals surface area contributed by atoms with Gasteiger partial charge >= 0.3 is 6.18 Å². The van der Waals surface area contributed by atoms with Crippen LogP contribution in [-0.4, -0.2) is 35.2 Å². The second-order valence-electron chi connectivity index (χ2n) is 8.30. The number of alkyl halides is 3. The summed E-state index contributed by atoms with van der Waals surface area (Å²) in [5.41, 5.74) is -1.71. The third-order valence-electron chi connectivity index (χ3n) is 6.13. The molecule has 0 saturated carbocycles. The molecule has 0 spiro atoms. The highest BCUT2D eigenvalue weighted by atomic mass is 19.4. The van der Waals surface area contributed by atoms with E-state index in [0.717, 1.165) is 23.3 Å². The van der Waals surface area contributed by atoms with Gasteiger partial charge in [0, 0.05) is 17.7 Å². The zero-order valence-corrected chi connectivity index (χ0v) is 19.3. The van der Waals surface area contributed by atoms with E-state index in [1.807, 2.05) is 19.9 Å². The van der Waals surface area contributed by atoms with E-state index in [9.17, 15) is 27.5 Å². The van der Waals surface area contributed by atoms with Crippen LogP contribution in [0.5, 0.6) is 5.75 Å². The van der Waals surface area contributed by atoms with E-state index < -0.39 is 35.5 Å². The molecule has 0 aliphatic rings. The van der Waals surface area contributed by atoms with Crippen molar-refractivity contribution >= 4 is 22.8 Å². The van der Waals surface area contributed by atoms with Crippen LogP contribution in [0.1, 0.15) is 42.4 Å². The summed E-state index contributed by atoms with van der Waals surface area (Å²) < 4.78 is 61.9. The van der Waals surface area contributed by atoms with Gasteiger partial charge in [0.2, 0.25) is 5.56 Å². The summed E-state index contributed by atoms with van der Waals surface area (Å²) in [6, 6.07) is 8.09. The number of methoxy groups -OCH3 is 1. The second-order valence-corrected chi connectivity index (χ2v) is 8.30. The largest absolute Gasteiger partial charge is 0.496 e. The molecule has 0 radical (unpaired) electrons. The molecule has 0 amide bonds. The maximum absolute atomic E-state index is 14.1. The molecule has 182 valence electrons. The quantitative estimate of drug-likeness (QED) is 0.329. The van der Waals surface area contributed by atoms with Crippen molar-refractivity contribution < 1.29 is 27.4 Å². The number of aliphatic imine (C=N–C) groups is 1. The maximum atomic E-state index is 14.1. The van der Waals surface area contributed by atoms with E-state index in [1.54, 1.807) is 13.0 Å². The molecule has 1 heterocycles. The predicted octanol–water partition coefficient (Wildman–Crippen LogP) is 5.87. The van der Waals surface area contributed by atoms with Gasteiger partial charge in [0.15, 0.2) is 5.60 Å². The zero-order valence-electron chi connectivity index (χ0n) is 19.3. The smallest absolute Gasteiger partial charge is 0.422 e. The first-order valence-electron chi connectivity index (χ1n) is 10.7. The Hall–Kier alpha value is -3.20. The van der Waals surface area contributed by atoms with Crippen LogP contribution in [0, 0.1) is 19.7 Å². The summed E-state index contributed by atoms with van der Waals surface area (Å²) in [5, 5.41) is 10.9. The number of ether oxygens (including phenoxy) is 1. The van der Waals surface area contributed by atoms with E-state index in [2.05, 4.69) is 9.98 Å². The zero-order chi connectivity index (χ0) is 25.3. The highest BCUT2D eigenvalue weighted by Crippen LogP contribution is 2.42. The summed E-state index contributed by atoms with van der Waals surface area (Å²) in [4.78, 5) is 17.7. The van der Waals surface area contributed by atoms with E-state index in [-0.39, 0.29) is 16.6 Å². The fourth-order valence-electron chi connectivity index (χ4n) is 3.99. The van der Waals surface area contributed by atoms with Gasteiger partial charge in [-0.05, 0) is 67.5 Å². The number of aliphatic hydroxyl groups is 1. The lowest BCUT2D eigenvalue weighted by atomic mass is 9.82. The molecule has 0 aliphatic heterocycles. The minimum atomic E-state index is -5.03. The number of H-pyrrole nitrogens is 1. The standard InChI is InChI=1S/C25H26F4N2O3/c1-5-16(17-7-6-14(2)15(3)23(17)34-4)12-24(33,25(27,28)29)13-30-20-10-9-19(26)22-18(20)8-11-21(32)31-22/h6-11,13,16,33H,5,12H2,1-4H3,(H,31,32)/b30-13+. The number of nitrogens with one attached hydrogen (secondary N) is 1. The molecular weight excluding hydrogens is 452 g/mol. The Bertz CT molecular complexity index is 1280. The highest BCUT2D eigenvalue weighted by Gasteiger charge is 2.53. The number of halogens is 4. The molecule has 0 saturated heterocycles. The van der Waals surface area contributed by atoms with Crippen LogP contribution in [0.3, 0.4) is 0 Å². The van der Waals surface area contributed by atoms with Crippen molar-refractivity contribution in [1.29, 1.82) is 0 Å². The van der Waals surface area contributed by atoms with Crippen LogP contribution in [0.2, 0.25) is 0 Å². The van der Waals surface area contributed by atoms with Gasteiger partial charge in [0.25, 0.3) is 0 Å². The Morgan fingerprint density at radius 1 is 1.15 bits per heavy atom. The normalized spacial score (nSPS) is 15.0. The van der Waals surface area contributed by atoms with Gasteiger partial charge in [-0.25, -0.2) is 4.39 Å². The fraction of sp³-hybridized carbons (Fsp3) is 0.360. The Labute approximate surface area is 194 Å². The molecule has 3 aromatic rings. The van der Waals surface area contributed by atoms with E-state index in [1.165, 1.54) is 19.2 Å². The van der Waals surface area contributed by atoms with Gasteiger partial charge in [0.05, 0.1) is 18.3 Å². The molecule has 9 heteroatoms. The van der Waals surface area contributed by atoms with Gasteiger partial charge in [-0.2, -0.15) is 13.2 Å². The number of rotatable bonds is 7. The Morgan fingerprint density at radius 2 is 1.85 bits per heavy atom. The Morgan fingerprint density at radius 3 is 2.47 bits per heavy atom. The lowest BCUT2D eigenvalue weighted by Gasteiger charge is -2.31. The fourth-order valence-corrected chi connectivity index (χ4v) is 3.99. The molecule has 1 aromatic heterocycles. The number of aromatic nitrogens is 1. The first-order valence-corrected chi connectivity index (χ1v) is 10.7. The molecular formula is C25H26F4N2O3. The van der Waals surface area contributed by atoms with Crippen molar-refractivity contribution in [3.05, 3.63) is 69.3 Å². The SMILES string of the molecule is CCC(CC(O)(/C=N/c1ccc(F)c2[nH]c(=O)ccc12)C(F)(F)F)c1ccc(C)c(C)c1OC. The maximum Gasteiger partial charge on any atom is 0.422 e.